The number of esters is 1. The molecule has 0 amide bonds. The molecule has 0 atom stereocenters. The van der Waals surface area contributed by atoms with E-state index in [1.165, 1.54) is 12.8 Å². The lowest BCUT2D eigenvalue weighted by Crippen LogP contribution is -2.34. The molecule has 1 aliphatic rings. The third kappa shape index (κ3) is 6.12. The van der Waals surface area contributed by atoms with Crippen molar-refractivity contribution in [2.24, 2.45) is 5.41 Å². The number of unbranched alkanes of at least 4 members (excludes halogenated alkanes) is 3. The molecule has 1 heterocycles. The summed E-state index contributed by atoms with van der Waals surface area (Å²) in [5.74, 6) is -1.62. The van der Waals surface area contributed by atoms with Crippen molar-refractivity contribution in [3.63, 3.8) is 0 Å². The number of rotatable bonds is 9. The summed E-state index contributed by atoms with van der Waals surface area (Å²) in [6.45, 7) is 10.5. The number of carbonyl (C=O) groups excluding carboxylic acids is 1. The maximum atomic E-state index is 12.5. The fraction of sp³-hybridized carbons (Fsp3) is 0.667. The van der Waals surface area contributed by atoms with Crippen LogP contribution in [0.3, 0.4) is 0 Å². The van der Waals surface area contributed by atoms with Gasteiger partial charge in [0.2, 0.25) is 0 Å². The van der Waals surface area contributed by atoms with E-state index in [2.05, 4.69) is 20.8 Å². The standard InChI is InChI=1S/C21H32O4/c1-19(2,3)15-11-6-7-12-16-21(24-25-21)18(22)23-20(4,5)17-13-9-8-10-14-17/h8-10,13-14H,6-7,11-12,15-16H2,1-5H3. The lowest BCUT2D eigenvalue weighted by Gasteiger charge is -2.26. The van der Waals surface area contributed by atoms with E-state index in [0.717, 1.165) is 24.8 Å². The predicted octanol–water partition coefficient (Wildman–Crippen LogP) is 5.51. The molecule has 25 heavy (non-hydrogen) atoms. The number of benzene rings is 1. The molecule has 140 valence electrons. The van der Waals surface area contributed by atoms with Crippen molar-refractivity contribution in [3.8, 4) is 0 Å². The highest BCUT2D eigenvalue weighted by Gasteiger charge is 2.58. The predicted molar refractivity (Wildman–Crippen MR) is 97.6 cm³/mol. The van der Waals surface area contributed by atoms with Gasteiger partial charge < -0.3 is 4.74 Å². The lowest BCUT2D eigenvalue weighted by molar-refractivity contribution is -0.165. The molecule has 0 N–H and O–H groups in total. The Hall–Kier alpha value is -1.39. The van der Waals surface area contributed by atoms with E-state index in [-0.39, 0.29) is 0 Å². The van der Waals surface area contributed by atoms with Gasteiger partial charge in [0, 0.05) is 6.42 Å². The Kier molecular flexibility index (Phi) is 6.28. The summed E-state index contributed by atoms with van der Waals surface area (Å²) in [7, 11) is 0. The average molecular weight is 348 g/mol. The molecule has 0 aromatic heterocycles. The summed E-state index contributed by atoms with van der Waals surface area (Å²) in [6.07, 6.45) is 6.11. The van der Waals surface area contributed by atoms with E-state index in [9.17, 15) is 4.79 Å². The molecule has 0 radical (unpaired) electrons. The van der Waals surface area contributed by atoms with Crippen molar-refractivity contribution in [3.05, 3.63) is 35.9 Å². The minimum Gasteiger partial charge on any atom is -0.451 e. The molecule has 1 aromatic carbocycles. The second-order valence-corrected chi connectivity index (χ2v) is 8.66. The van der Waals surface area contributed by atoms with Gasteiger partial charge in [0.25, 0.3) is 0 Å². The first kappa shape index (κ1) is 19.9. The van der Waals surface area contributed by atoms with Crippen molar-refractivity contribution < 1.29 is 19.3 Å². The topological polar surface area (TPSA) is 51.4 Å². The fourth-order valence-corrected chi connectivity index (χ4v) is 2.88. The van der Waals surface area contributed by atoms with E-state index in [4.69, 9.17) is 14.5 Å². The maximum absolute atomic E-state index is 12.5. The zero-order valence-corrected chi connectivity index (χ0v) is 16.3. The SMILES string of the molecule is CC(C)(C)CCCCCCC1(C(=O)OC(C)(C)c2ccccc2)OO1. The van der Waals surface area contributed by atoms with Crippen molar-refractivity contribution in [2.75, 3.05) is 0 Å². The highest BCUT2D eigenvalue weighted by molar-refractivity contribution is 5.79. The van der Waals surface area contributed by atoms with Crippen LogP contribution in [0.15, 0.2) is 30.3 Å². The van der Waals surface area contributed by atoms with Gasteiger partial charge in [-0.05, 0) is 37.7 Å². The largest absolute Gasteiger partial charge is 0.451 e. The third-order valence-electron chi connectivity index (χ3n) is 4.60. The van der Waals surface area contributed by atoms with E-state index in [0.29, 0.717) is 11.8 Å². The van der Waals surface area contributed by atoms with E-state index >= 15 is 0 Å². The quantitative estimate of drug-likeness (QED) is 0.255. The van der Waals surface area contributed by atoms with Gasteiger partial charge in [-0.1, -0.05) is 70.4 Å². The summed E-state index contributed by atoms with van der Waals surface area (Å²) >= 11 is 0. The molecule has 0 spiro atoms. The van der Waals surface area contributed by atoms with Crippen LogP contribution in [-0.2, 0) is 24.9 Å². The van der Waals surface area contributed by atoms with Gasteiger partial charge >= 0.3 is 11.8 Å². The zero-order chi connectivity index (χ0) is 18.6. The summed E-state index contributed by atoms with van der Waals surface area (Å²) in [4.78, 5) is 22.5. The summed E-state index contributed by atoms with van der Waals surface area (Å²) in [5, 5.41) is 0. The molecule has 4 nitrogen and oxygen atoms in total. The molecule has 1 fully saturated rings. The second-order valence-electron chi connectivity index (χ2n) is 8.66. The monoisotopic (exact) mass is 348 g/mol. The van der Waals surface area contributed by atoms with Crippen LogP contribution in [0.4, 0.5) is 0 Å². The molecule has 0 unspecified atom stereocenters. The molecule has 0 aliphatic carbocycles. The van der Waals surface area contributed by atoms with Crippen LogP contribution in [-0.4, -0.2) is 11.8 Å². The first-order valence-corrected chi connectivity index (χ1v) is 9.31. The number of hydrogen-bond acceptors (Lipinski definition) is 4. The van der Waals surface area contributed by atoms with E-state index < -0.39 is 17.4 Å². The zero-order valence-electron chi connectivity index (χ0n) is 16.3. The molecule has 1 aliphatic heterocycles. The van der Waals surface area contributed by atoms with Crippen LogP contribution in [0.1, 0.15) is 78.7 Å². The van der Waals surface area contributed by atoms with Gasteiger partial charge in [0.15, 0.2) is 0 Å². The Bertz CT molecular complexity index is 553. The Labute approximate surface area is 151 Å². The van der Waals surface area contributed by atoms with Crippen molar-refractivity contribution in [1.29, 1.82) is 0 Å². The van der Waals surface area contributed by atoms with Crippen molar-refractivity contribution >= 4 is 5.97 Å². The summed E-state index contributed by atoms with van der Waals surface area (Å²) in [5.41, 5.74) is 0.616. The van der Waals surface area contributed by atoms with Crippen LogP contribution in [0.5, 0.6) is 0 Å². The summed E-state index contributed by atoms with van der Waals surface area (Å²) < 4.78 is 5.69. The molecule has 0 saturated carbocycles. The normalized spacial score (nSPS) is 16.5. The van der Waals surface area contributed by atoms with Crippen LogP contribution in [0.2, 0.25) is 0 Å². The average Bonchev–Trinajstić information content (AvgIpc) is 3.31. The maximum Gasteiger partial charge on any atom is 0.373 e. The first-order chi connectivity index (χ1) is 11.6. The summed E-state index contributed by atoms with van der Waals surface area (Å²) in [6, 6.07) is 9.70. The highest BCUT2D eigenvalue weighted by Crippen LogP contribution is 2.39. The van der Waals surface area contributed by atoms with Gasteiger partial charge in [0.05, 0.1) is 0 Å². The third-order valence-corrected chi connectivity index (χ3v) is 4.60. The Morgan fingerprint density at radius 3 is 2.12 bits per heavy atom. The fourth-order valence-electron chi connectivity index (χ4n) is 2.88. The minimum atomic E-state index is -1.18. The Morgan fingerprint density at radius 2 is 1.56 bits per heavy atom. The van der Waals surface area contributed by atoms with Crippen molar-refractivity contribution in [2.45, 2.75) is 84.5 Å². The van der Waals surface area contributed by atoms with E-state index in [1.807, 2.05) is 44.2 Å². The molecule has 2 rings (SSSR count). The number of hydrogen-bond donors (Lipinski definition) is 0. The van der Waals surface area contributed by atoms with Gasteiger partial charge in [-0.3, -0.25) is 0 Å². The highest BCUT2D eigenvalue weighted by atomic mass is 17.4. The minimum absolute atomic E-state index is 0.386. The van der Waals surface area contributed by atoms with Crippen LogP contribution < -0.4 is 0 Å². The molecule has 4 heteroatoms. The van der Waals surface area contributed by atoms with Gasteiger partial charge in [-0.25, -0.2) is 4.79 Å². The van der Waals surface area contributed by atoms with Gasteiger partial charge in [-0.15, -0.1) is 0 Å². The van der Waals surface area contributed by atoms with Crippen LogP contribution >= 0.6 is 0 Å². The first-order valence-electron chi connectivity index (χ1n) is 9.31. The number of ether oxygens (including phenoxy) is 1. The molecular formula is C21H32O4. The van der Waals surface area contributed by atoms with Gasteiger partial charge in [0.1, 0.15) is 5.60 Å². The van der Waals surface area contributed by atoms with E-state index in [1.54, 1.807) is 0 Å². The Balaban J connectivity index is 1.76. The molecule has 1 saturated heterocycles. The van der Waals surface area contributed by atoms with Crippen LogP contribution in [0.25, 0.3) is 0 Å². The second kappa shape index (κ2) is 7.88. The molecular weight excluding hydrogens is 316 g/mol. The molecule has 1 aromatic rings. The Morgan fingerprint density at radius 1 is 0.960 bits per heavy atom. The number of carbonyl (C=O) groups is 1. The van der Waals surface area contributed by atoms with Crippen LogP contribution in [0, 0.1) is 5.41 Å². The molecule has 0 bridgehead atoms. The van der Waals surface area contributed by atoms with Gasteiger partial charge in [-0.2, -0.15) is 9.78 Å². The smallest absolute Gasteiger partial charge is 0.373 e. The lowest BCUT2D eigenvalue weighted by atomic mass is 9.89. The van der Waals surface area contributed by atoms with Crippen molar-refractivity contribution in [1.82, 2.24) is 0 Å².